The molecule has 2 aliphatic rings. The van der Waals surface area contributed by atoms with Gasteiger partial charge >= 0.3 is 0 Å². The van der Waals surface area contributed by atoms with Crippen molar-refractivity contribution in [2.45, 2.75) is 12.0 Å². The van der Waals surface area contributed by atoms with Gasteiger partial charge in [0.25, 0.3) is 5.91 Å². The van der Waals surface area contributed by atoms with E-state index >= 15 is 0 Å². The van der Waals surface area contributed by atoms with Crippen molar-refractivity contribution in [3.05, 3.63) is 60.2 Å². The van der Waals surface area contributed by atoms with Crippen molar-refractivity contribution in [3.8, 4) is 5.75 Å². The van der Waals surface area contributed by atoms with E-state index in [-0.39, 0.29) is 11.8 Å². The van der Waals surface area contributed by atoms with Gasteiger partial charge < -0.3 is 15.3 Å². The number of carbonyl (C=O) groups excluding carboxylic acids is 1. The van der Waals surface area contributed by atoms with Crippen LogP contribution in [0.3, 0.4) is 0 Å². The van der Waals surface area contributed by atoms with E-state index in [4.69, 9.17) is 4.74 Å². The molecule has 5 heteroatoms. The molecule has 1 amide bonds. The van der Waals surface area contributed by atoms with Gasteiger partial charge in [-0.1, -0.05) is 35.5 Å². The van der Waals surface area contributed by atoms with Crippen LogP contribution in [0.15, 0.2) is 59.8 Å². The molecular weight excluding hydrogens is 280 g/mol. The number of rotatable bonds is 2. The number of ether oxygens (including phenoxy) is 1. The van der Waals surface area contributed by atoms with Crippen molar-refractivity contribution in [2.24, 2.45) is 11.1 Å². The van der Waals surface area contributed by atoms with Crippen LogP contribution in [0.2, 0.25) is 0 Å². The summed E-state index contributed by atoms with van der Waals surface area (Å²) in [6, 6.07) is 16.6. The summed E-state index contributed by atoms with van der Waals surface area (Å²) in [5.41, 5.74) is 1.02. The van der Waals surface area contributed by atoms with Gasteiger partial charge in [-0.05, 0) is 24.3 Å². The number of para-hydroxylation sites is 2. The van der Waals surface area contributed by atoms with Crippen LogP contribution in [-0.4, -0.2) is 22.4 Å². The normalized spacial score (nSPS) is 26.5. The lowest BCUT2D eigenvalue weighted by Gasteiger charge is -2.25. The van der Waals surface area contributed by atoms with Crippen LogP contribution < -0.4 is 10.1 Å². The molecule has 2 atom stereocenters. The van der Waals surface area contributed by atoms with Crippen molar-refractivity contribution < 1.29 is 14.7 Å². The lowest BCUT2D eigenvalue weighted by molar-refractivity contribution is -0.125. The zero-order valence-electron chi connectivity index (χ0n) is 11.7. The monoisotopic (exact) mass is 294 g/mol. The second-order valence-corrected chi connectivity index (χ2v) is 5.55. The number of amides is 1. The largest absolute Gasteiger partial charge is 0.476 e. The van der Waals surface area contributed by atoms with Gasteiger partial charge in [-0.15, -0.1) is 0 Å². The van der Waals surface area contributed by atoms with Crippen LogP contribution in [0.25, 0.3) is 0 Å². The predicted molar refractivity (Wildman–Crippen MR) is 81.3 cm³/mol. The molecule has 5 nitrogen and oxygen atoms in total. The summed E-state index contributed by atoms with van der Waals surface area (Å²) in [4.78, 5) is 12.6. The Morgan fingerprint density at radius 3 is 2.68 bits per heavy atom. The summed E-state index contributed by atoms with van der Waals surface area (Å²) < 4.78 is 5.96. The van der Waals surface area contributed by atoms with Crippen molar-refractivity contribution in [3.63, 3.8) is 0 Å². The highest BCUT2D eigenvalue weighted by molar-refractivity contribution is 6.15. The Labute approximate surface area is 127 Å². The highest BCUT2D eigenvalue weighted by Crippen LogP contribution is 2.54. The highest BCUT2D eigenvalue weighted by atomic mass is 16.5. The van der Waals surface area contributed by atoms with Gasteiger partial charge in [-0.3, -0.25) is 4.79 Å². The fraction of sp³-hybridized carbons (Fsp3) is 0.176. The number of anilines is 1. The number of nitrogens with one attached hydrogen (secondary N) is 1. The van der Waals surface area contributed by atoms with Gasteiger partial charge in [0, 0.05) is 17.7 Å². The summed E-state index contributed by atoms with van der Waals surface area (Å²) in [7, 11) is 0. The van der Waals surface area contributed by atoms with Crippen LogP contribution in [0, 0.1) is 5.92 Å². The Balaban J connectivity index is 1.66. The maximum atomic E-state index is 12.6. The summed E-state index contributed by atoms with van der Waals surface area (Å²) in [6.07, 6.45) is 0.514. The van der Waals surface area contributed by atoms with E-state index in [1.54, 1.807) is 6.07 Å². The molecule has 1 heterocycles. The molecule has 0 unspecified atom stereocenters. The third-order valence-electron chi connectivity index (χ3n) is 4.22. The number of hydrogen-bond donors (Lipinski definition) is 2. The van der Waals surface area contributed by atoms with E-state index in [2.05, 4.69) is 10.5 Å². The zero-order valence-corrected chi connectivity index (χ0v) is 11.7. The van der Waals surface area contributed by atoms with Crippen molar-refractivity contribution >= 4 is 17.3 Å². The minimum atomic E-state index is -0.967. The molecule has 1 aliphatic heterocycles. The first-order valence-corrected chi connectivity index (χ1v) is 7.11. The van der Waals surface area contributed by atoms with E-state index < -0.39 is 5.60 Å². The van der Waals surface area contributed by atoms with E-state index in [9.17, 15) is 10.0 Å². The summed E-state index contributed by atoms with van der Waals surface area (Å²) in [5.74, 6) is 0.155. The highest BCUT2D eigenvalue weighted by Gasteiger charge is 2.68. The summed E-state index contributed by atoms with van der Waals surface area (Å²) >= 11 is 0. The van der Waals surface area contributed by atoms with Crippen molar-refractivity contribution in [1.29, 1.82) is 0 Å². The molecule has 1 saturated carbocycles. The first kappa shape index (κ1) is 12.9. The van der Waals surface area contributed by atoms with Crippen LogP contribution in [-0.2, 0) is 4.79 Å². The molecule has 22 heavy (non-hydrogen) atoms. The molecule has 2 N–H and O–H groups in total. The Hall–Kier alpha value is -2.82. The quantitative estimate of drug-likeness (QED) is 0.660. The van der Waals surface area contributed by atoms with E-state index in [1.165, 1.54) is 0 Å². The molecule has 0 bridgehead atoms. The smallest absolute Gasteiger partial charge is 0.269 e. The molecule has 1 fully saturated rings. The van der Waals surface area contributed by atoms with Crippen molar-refractivity contribution in [2.75, 3.05) is 5.32 Å². The molecule has 4 rings (SSSR count). The van der Waals surface area contributed by atoms with Crippen molar-refractivity contribution in [1.82, 2.24) is 0 Å². The van der Waals surface area contributed by atoms with Crippen LogP contribution in [0.4, 0.5) is 5.69 Å². The molecule has 0 spiro atoms. The molecule has 1 aliphatic carbocycles. The van der Waals surface area contributed by atoms with Gasteiger partial charge in [0.1, 0.15) is 5.75 Å². The van der Waals surface area contributed by atoms with Crippen LogP contribution >= 0.6 is 0 Å². The SMILES string of the molecule is O=C(Nc1ccccc1)[C@@]12C[C@H]1C(=NO)c1ccccc1O2. The number of oxime groups is 1. The first-order valence-electron chi connectivity index (χ1n) is 7.11. The van der Waals surface area contributed by atoms with E-state index in [1.807, 2.05) is 48.5 Å². The number of fused-ring (bicyclic) bond motifs is 2. The maximum absolute atomic E-state index is 12.6. The molecule has 2 aromatic carbocycles. The van der Waals surface area contributed by atoms with Gasteiger partial charge in [0.2, 0.25) is 0 Å². The lowest BCUT2D eigenvalue weighted by atomic mass is 9.99. The number of benzene rings is 2. The Kier molecular flexibility index (Phi) is 2.69. The third-order valence-corrected chi connectivity index (χ3v) is 4.22. The average molecular weight is 294 g/mol. The summed E-state index contributed by atoms with van der Waals surface area (Å²) in [5, 5.41) is 15.6. The minimum Gasteiger partial charge on any atom is -0.476 e. The number of nitrogens with zero attached hydrogens (tertiary/aromatic N) is 1. The summed E-state index contributed by atoms with van der Waals surface area (Å²) in [6.45, 7) is 0. The average Bonchev–Trinajstić information content (AvgIpc) is 3.29. The minimum absolute atomic E-state index is 0.209. The maximum Gasteiger partial charge on any atom is 0.269 e. The predicted octanol–water partition coefficient (Wildman–Crippen LogP) is 2.65. The molecular formula is C17H14N2O3. The Morgan fingerprint density at radius 1 is 1.18 bits per heavy atom. The lowest BCUT2D eigenvalue weighted by Crippen LogP contribution is -2.41. The fourth-order valence-corrected chi connectivity index (χ4v) is 3.01. The third kappa shape index (κ3) is 1.79. The first-order chi connectivity index (χ1) is 10.7. The molecule has 0 aromatic heterocycles. The molecule has 110 valence electrons. The van der Waals surface area contributed by atoms with E-state index in [0.29, 0.717) is 17.9 Å². The second-order valence-electron chi connectivity index (χ2n) is 5.55. The molecule has 2 aromatic rings. The van der Waals surface area contributed by atoms with Crippen LogP contribution in [0.1, 0.15) is 12.0 Å². The van der Waals surface area contributed by atoms with Crippen LogP contribution in [0.5, 0.6) is 5.75 Å². The number of carbonyl (C=O) groups is 1. The van der Waals surface area contributed by atoms with E-state index in [0.717, 1.165) is 11.3 Å². The van der Waals surface area contributed by atoms with Gasteiger partial charge in [0.05, 0.1) is 11.6 Å². The van der Waals surface area contributed by atoms with Gasteiger partial charge in [0.15, 0.2) is 5.60 Å². The molecule has 0 radical (unpaired) electrons. The second kappa shape index (κ2) is 4.59. The topological polar surface area (TPSA) is 70.9 Å². The fourth-order valence-electron chi connectivity index (χ4n) is 3.01. The number of hydrogen-bond acceptors (Lipinski definition) is 4. The Morgan fingerprint density at radius 2 is 1.91 bits per heavy atom. The molecule has 0 saturated heterocycles. The standard InChI is InChI=1S/C17H14N2O3/c20-16(18-11-6-2-1-3-7-11)17-10-13(17)15(19-21)12-8-4-5-9-14(12)22-17/h1-9,13,21H,10H2,(H,18,20)/t13-,17+/m0/s1. The zero-order chi connectivity index (χ0) is 15.2. The Bertz CT molecular complexity index is 772. The van der Waals surface area contributed by atoms with Gasteiger partial charge in [-0.2, -0.15) is 0 Å². The van der Waals surface area contributed by atoms with Gasteiger partial charge in [-0.25, -0.2) is 0 Å².